The number of nitrogens with zero attached hydrogens (tertiary/aromatic N) is 1. The molecule has 0 aliphatic carbocycles. The van der Waals surface area contributed by atoms with E-state index >= 15 is 0 Å². The summed E-state index contributed by atoms with van der Waals surface area (Å²) < 4.78 is 13.2. The van der Waals surface area contributed by atoms with Crippen LogP contribution in [0.25, 0.3) is 0 Å². The van der Waals surface area contributed by atoms with Gasteiger partial charge in [0.15, 0.2) is 0 Å². The number of halogens is 1. The minimum absolute atomic E-state index is 0.0893. The van der Waals surface area contributed by atoms with Crippen molar-refractivity contribution in [2.75, 3.05) is 13.2 Å². The number of piperidine rings is 1. The lowest BCUT2D eigenvalue weighted by atomic mass is 9.79. The number of fused-ring (bicyclic) bond motifs is 2. The predicted molar refractivity (Wildman–Crippen MR) is 104 cm³/mol. The zero-order valence-electron chi connectivity index (χ0n) is 15.8. The molecule has 25 heavy (non-hydrogen) atoms. The Bertz CT molecular complexity index is 666. The van der Waals surface area contributed by atoms with E-state index in [-0.39, 0.29) is 17.7 Å². The Labute approximate surface area is 163 Å². The standard InChI is InChI=1S/C19H28BrNO3S/c1-6-13-16(20)15-14(25-13)7-10-23-19(15)8-9-21(12(2)11-19)17(22)24-18(3,4)5/h12H,6-11H2,1-5H3/t12-,19+/m0/s1. The van der Waals surface area contributed by atoms with E-state index in [0.29, 0.717) is 6.54 Å². The molecule has 1 fully saturated rings. The Morgan fingerprint density at radius 2 is 2.20 bits per heavy atom. The van der Waals surface area contributed by atoms with Gasteiger partial charge in [-0.15, -0.1) is 11.3 Å². The topological polar surface area (TPSA) is 38.8 Å². The zero-order chi connectivity index (χ0) is 18.4. The van der Waals surface area contributed by atoms with Crippen molar-refractivity contribution in [3.05, 3.63) is 19.8 Å². The first-order valence-electron chi connectivity index (χ1n) is 9.11. The molecule has 2 aliphatic heterocycles. The molecule has 140 valence electrons. The van der Waals surface area contributed by atoms with Crippen molar-refractivity contribution in [1.29, 1.82) is 0 Å². The molecule has 2 atom stereocenters. The van der Waals surface area contributed by atoms with Crippen molar-refractivity contribution < 1.29 is 14.3 Å². The summed E-state index contributed by atoms with van der Waals surface area (Å²) in [5.41, 5.74) is 0.609. The number of carbonyl (C=O) groups is 1. The zero-order valence-corrected chi connectivity index (χ0v) is 18.2. The normalized spacial score (nSPS) is 26.6. The lowest BCUT2D eigenvalue weighted by Gasteiger charge is -2.47. The SMILES string of the molecule is CCc1sc2c(c1Br)[C@]1(CCN(C(=O)OC(C)(C)C)[C@@H](C)C1)OCC2. The molecule has 0 saturated carbocycles. The molecule has 1 amide bonds. The third kappa shape index (κ3) is 3.62. The summed E-state index contributed by atoms with van der Waals surface area (Å²) in [7, 11) is 0. The van der Waals surface area contributed by atoms with Crippen LogP contribution < -0.4 is 0 Å². The number of hydrogen-bond acceptors (Lipinski definition) is 4. The van der Waals surface area contributed by atoms with Crippen LogP contribution in [0.4, 0.5) is 4.79 Å². The van der Waals surface area contributed by atoms with Crippen molar-refractivity contribution in [2.45, 2.75) is 77.5 Å². The molecule has 0 radical (unpaired) electrons. The second-order valence-electron chi connectivity index (χ2n) is 8.06. The lowest BCUT2D eigenvalue weighted by molar-refractivity contribution is -0.110. The molecule has 1 aromatic heterocycles. The first kappa shape index (κ1) is 19.2. The summed E-state index contributed by atoms with van der Waals surface area (Å²) in [6.07, 6.45) is 3.45. The van der Waals surface area contributed by atoms with Gasteiger partial charge in [-0.1, -0.05) is 6.92 Å². The number of rotatable bonds is 1. The molecular formula is C19H28BrNO3S. The maximum Gasteiger partial charge on any atom is 0.410 e. The maximum atomic E-state index is 12.5. The van der Waals surface area contributed by atoms with Gasteiger partial charge in [-0.3, -0.25) is 0 Å². The Morgan fingerprint density at radius 1 is 1.48 bits per heavy atom. The van der Waals surface area contributed by atoms with Crippen LogP contribution in [0.3, 0.4) is 0 Å². The second kappa shape index (κ2) is 6.86. The highest BCUT2D eigenvalue weighted by Crippen LogP contribution is 2.50. The van der Waals surface area contributed by atoms with Crippen LogP contribution in [-0.4, -0.2) is 35.8 Å². The summed E-state index contributed by atoms with van der Waals surface area (Å²) >= 11 is 5.75. The first-order valence-corrected chi connectivity index (χ1v) is 10.7. The molecule has 1 saturated heterocycles. The summed E-state index contributed by atoms with van der Waals surface area (Å²) in [5, 5.41) is 0. The molecule has 0 aromatic carbocycles. The molecule has 0 N–H and O–H groups in total. The van der Waals surface area contributed by atoms with Crippen molar-refractivity contribution >= 4 is 33.4 Å². The van der Waals surface area contributed by atoms with E-state index in [1.807, 2.05) is 37.0 Å². The molecule has 4 nitrogen and oxygen atoms in total. The summed E-state index contributed by atoms with van der Waals surface area (Å²) in [5.74, 6) is 0. The summed E-state index contributed by atoms with van der Waals surface area (Å²) in [6, 6.07) is 0.0893. The van der Waals surface area contributed by atoms with Gasteiger partial charge in [0.2, 0.25) is 0 Å². The van der Waals surface area contributed by atoms with E-state index in [1.165, 1.54) is 19.8 Å². The molecule has 1 aromatic rings. The van der Waals surface area contributed by atoms with Crippen LogP contribution in [0.15, 0.2) is 4.47 Å². The van der Waals surface area contributed by atoms with Gasteiger partial charge in [-0.2, -0.15) is 0 Å². The lowest BCUT2D eigenvalue weighted by Crippen LogP contribution is -2.53. The molecule has 3 rings (SSSR count). The van der Waals surface area contributed by atoms with E-state index in [1.54, 1.807) is 0 Å². The fraction of sp³-hybridized carbons (Fsp3) is 0.737. The number of hydrogen-bond donors (Lipinski definition) is 0. The highest BCUT2D eigenvalue weighted by atomic mass is 79.9. The highest BCUT2D eigenvalue weighted by molar-refractivity contribution is 9.10. The molecule has 6 heteroatoms. The fourth-order valence-electron chi connectivity index (χ4n) is 3.94. The van der Waals surface area contributed by atoms with Crippen LogP contribution in [0.1, 0.15) is 62.8 Å². The van der Waals surface area contributed by atoms with Crippen LogP contribution in [0.5, 0.6) is 0 Å². The average molecular weight is 430 g/mol. The monoisotopic (exact) mass is 429 g/mol. The van der Waals surface area contributed by atoms with Gasteiger partial charge in [0, 0.05) is 45.2 Å². The molecule has 2 aliphatic rings. The molecular weight excluding hydrogens is 402 g/mol. The molecule has 3 heterocycles. The van der Waals surface area contributed by atoms with Gasteiger partial charge in [0.05, 0.1) is 12.2 Å². The molecule has 0 bridgehead atoms. The maximum absolute atomic E-state index is 12.5. The minimum Gasteiger partial charge on any atom is -0.444 e. The Balaban J connectivity index is 1.84. The van der Waals surface area contributed by atoms with Gasteiger partial charge in [-0.25, -0.2) is 4.79 Å². The average Bonchev–Trinajstić information content (AvgIpc) is 2.83. The van der Waals surface area contributed by atoms with Crippen LogP contribution >= 0.6 is 27.3 Å². The number of carbonyl (C=O) groups excluding carboxylic acids is 1. The largest absolute Gasteiger partial charge is 0.444 e. The summed E-state index contributed by atoms with van der Waals surface area (Å²) in [6.45, 7) is 11.5. The smallest absolute Gasteiger partial charge is 0.410 e. The predicted octanol–water partition coefficient (Wildman–Crippen LogP) is 5.26. The Kier molecular flexibility index (Phi) is 5.26. The van der Waals surface area contributed by atoms with Gasteiger partial charge in [-0.05, 0) is 56.5 Å². The van der Waals surface area contributed by atoms with Gasteiger partial charge < -0.3 is 14.4 Å². The van der Waals surface area contributed by atoms with Gasteiger partial charge >= 0.3 is 6.09 Å². The Hall–Kier alpha value is -0.590. The second-order valence-corrected chi connectivity index (χ2v) is 10.0. The number of ether oxygens (including phenoxy) is 2. The van der Waals surface area contributed by atoms with Gasteiger partial charge in [0.1, 0.15) is 5.60 Å². The van der Waals surface area contributed by atoms with E-state index in [0.717, 1.165) is 32.3 Å². The van der Waals surface area contributed by atoms with Gasteiger partial charge in [0.25, 0.3) is 0 Å². The van der Waals surface area contributed by atoms with Crippen LogP contribution in [0, 0.1) is 0 Å². The van der Waals surface area contributed by atoms with Crippen LogP contribution in [-0.2, 0) is 27.9 Å². The van der Waals surface area contributed by atoms with Crippen molar-refractivity contribution in [3.8, 4) is 0 Å². The molecule has 0 unspecified atom stereocenters. The summed E-state index contributed by atoms with van der Waals surface area (Å²) in [4.78, 5) is 17.2. The fourth-order valence-corrected chi connectivity index (χ4v) is 6.40. The Morgan fingerprint density at radius 3 is 2.80 bits per heavy atom. The van der Waals surface area contributed by atoms with Crippen molar-refractivity contribution in [3.63, 3.8) is 0 Å². The third-order valence-electron chi connectivity index (χ3n) is 5.02. The van der Waals surface area contributed by atoms with E-state index < -0.39 is 5.60 Å². The number of aryl methyl sites for hydroxylation is 1. The number of thiophene rings is 1. The van der Waals surface area contributed by atoms with Crippen LogP contribution in [0.2, 0.25) is 0 Å². The van der Waals surface area contributed by atoms with E-state index in [4.69, 9.17) is 9.47 Å². The van der Waals surface area contributed by atoms with E-state index in [9.17, 15) is 4.79 Å². The number of amides is 1. The number of likely N-dealkylation sites (tertiary alicyclic amines) is 1. The van der Waals surface area contributed by atoms with E-state index in [2.05, 4.69) is 29.8 Å². The quantitative estimate of drug-likeness (QED) is 0.610. The third-order valence-corrected chi connectivity index (χ3v) is 7.55. The highest BCUT2D eigenvalue weighted by Gasteiger charge is 2.47. The van der Waals surface area contributed by atoms with Crippen molar-refractivity contribution in [2.24, 2.45) is 0 Å². The van der Waals surface area contributed by atoms with Crippen molar-refractivity contribution in [1.82, 2.24) is 4.90 Å². The molecule has 1 spiro atoms. The minimum atomic E-state index is -0.465. The first-order chi connectivity index (χ1) is 11.7.